The maximum atomic E-state index is 12.5. The van der Waals surface area contributed by atoms with E-state index < -0.39 is 9.84 Å². The number of thioether (sulfide) groups is 1. The van der Waals surface area contributed by atoms with Gasteiger partial charge in [-0.2, -0.15) is 11.8 Å². The van der Waals surface area contributed by atoms with Crippen molar-refractivity contribution in [2.24, 2.45) is 0 Å². The van der Waals surface area contributed by atoms with E-state index in [0.717, 1.165) is 269 Å². The van der Waals surface area contributed by atoms with Crippen LogP contribution in [-0.2, 0) is 54.3 Å². The first-order chi connectivity index (χ1) is 67.2. The fourth-order valence-corrected chi connectivity index (χ4v) is 21.7. The van der Waals surface area contributed by atoms with Gasteiger partial charge < -0.3 is 72.2 Å². The number of likely N-dealkylation sites (tertiary alicyclic amines) is 7. The number of benzene rings is 3. The third-order valence-corrected chi connectivity index (χ3v) is 31.2. The maximum Gasteiger partial charge on any atom is 0.410 e. The van der Waals surface area contributed by atoms with Crippen molar-refractivity contribution >= 4 is 64.3 Å². The Bertz CT molecular complexity index is 3820. The molecule has 0 aromatic heterocycles. The van der Waals surface area contributed by atoms with E-state index in [-0.39, 0.29) is 71.2 Å². The second-order valence-electron chi connectivity index (χ2n) is 41.7. The molecule has 14 fully saturated rings. The lowest BCUT2D eigenvalue weighted by molar-refractivity contribution is -0.0108. The lowest BCUT2D eigenvalue weighted by Crippen LogP contribution is -2.41. The van der Waals surface area contributed by atoms with Crippen LogP contribution in [0.4, 0.5) is 33.6 Å². The van der Waals surface area contributed by atoms with Crippen LogP contribution in [0.5, 0.6) is 0 Å². The van der Waals surface area contributed by atoms with E-state index in [1.165, 1.54) is 202 Å². The molecule has 788 valence electrons. The Labute approximate surface area is 845 Å². The van der Waals surface area contributed by atoms with Crippen molar-refractivity contribution in [2.75, 3.05) is 134 Å². The van der Waals surface area contributed by atoms with Crippen LogP contribution in [-0.4, -0.2) is 242 Å². The summed E-state index contributed by atoms with van der Waals surface area (Å²) in [6.07, 6.45) is 63.0. The minimum Gasteiger partial charge on any atom is -0.445 e. The summed E-state index contributed by atoms with van der Waals surface area (Å²) in [5.74, 6) is 3.68. The van der Waals surface area contributed by atoms with Crippen molar-refractivity contribution in [1.29, 1.82) is 0 Å². The van der Waals surface area contributed by atoms with E-state index in [1.54, 1.807) is 20.8 Å². The number of fused-ring (bicyclic) bond motifs is 3. The average Bonchev–Trinajstić information content (AvgIpc) is 1.61. The number of nitrogens with zero attached hydrogens (tertiary/aromatic N) is 7. The highest BCUT2D eigenvalue weighted by Crippen LogP contribution is 2.46. The quantitative estimate of drug-likeness (QED) is 0.135. The third-order valence-electron chi connectivity index (χ3n) is 28.2. The standard InChI is InChI=1S/C19H19NO2.C13H17NO2.C13H23NO2.C12H21NO2.C11H21NO2.C10H19NO2.C9H15NO2.C6H12.C5H10O2S.C5H10O.C5H10S.C5H10/c21-19(20-12-6-1-7-13-20)22-18-16-10-4-2-8-14(16)15-9-3-5-11-17(15)18;15-13(14-9-5-2-6-10-14)16-11-12-7-3-1-4-8-12;1-2-13(8-4-5-9-13)16-12(15)14-10-6-3-7-11-14;1-12(7-3-4-8-12)15-11(14)13-9-5-2-6-10-13;1-4-11(2,3)14-10(13)12-8-6-5-7-9-12;1-10(2,3)13-9(12)11-7-5-4-6-8-11;1-2-8-12-9(11)10-6-4-3-5-7-10;1-2-4-6-5-3-1;6-8(7)4-2-1-3-5-8;2*1-2-4-6-5-3-1;1-2-4-5-3-1/h2-5,8-11,18H,1,6-7,12-13H2;1,3-4,7-8H,2,5-6,9-11H2;2-11H2,1H3;2-10H2,1H3;4-9H2,1-3H3;4-8H2,1-3H3;2H,1,3-8H2;1-6H2;1-5H2;2*1-5H2;1-5H2. The van der Waals surface area contributed by atoms with Crippen molar-refractivity contribution in [3.63, 3.8) is 0 Å². The first-order valence-corrected chi connectivity index (χ1v) is 58.1. The third kappa shape index (κ3) is 49.6. The predicted molar refractivity (Wildman–Crippen MR) is 564 cm³/mol. The van der Waals surface area contributed by atoms with Crippen LogP contribution in [0.1, 0.15) is 406 Å². The Hall–Kier alpha value is -7.45. The second-order valence-corrected chi connectivity index (χ2v) is 45.3. The van der Waals surface area contributed by atoms with Gasteiger partial charge in [-0.15, -0.1) is 0 Å². The topological polar surface area (TPSA) is 250 Å². The molecule has 10 heterocycles. The number of carbonyl (C=O) groups excluding carboxylic acids is 7. The molecule has 0 N–H and O–H groups in total. The highest BCUT2D eigenvalue weighted by molar-refractivity contribution is 7.99. The summed E-state index contributed by atoms with van der Waals surface area (Å²) >= 11 is 2.09. The average molecular weight is 1980 g/mol. The van der Waals surface area contributed by atoms with Crippen LogP contribution < -0.4 is 0 Å². The van der Waals surface area contributed by atoms with Gasteiger partial charge in [-0.25, -0.2) is 42.0 Å². The van der Waals surface area contributed by atoms with Crippen LogP contribution >= 0.6 is 11.8 Å². The molecule has 139 heavy (non-hydrogen) atoms. The molecule has 0 bridgehead atoms. The largest absolute Gasteiger partial charge is 0.445 e. The number of rotatable bonds is 10. The molecule has 5 aliphatic carbocycles. The molecule has 4 saturated carbocycles. The number of hydrogen-bond acceptors (Lipinski definition) is 18. The number of ether oxygens (including phenoxy) is 8. The lowest BCUT2D eigenvalue weighted by atomic mass is 9.99. The molecule has 18 rings (SSSR count). The first kappa shape index (κ1) is 119. The molecule has 0 atom stereocenters. The fourth-order valence-electron chi connectivity index (χ4n) is 19.2. The monoisotopic (exact) mass is 1980 g/mol. The summed E-state index contributed by atoms with van der Waals surface area (Å²) in [6, 6.07) is 26.2. The zero-order valence-electron chi connectivity index (χ0n) is 87.9. The SMILES string of the molecule is C1CCCC1.C1CCCCC1.C1CCOCC1.C1CCSCC1.C=CCOC(=O)N1CCCCC1.CC(C)(C)OC(=O)N1CCCCC1.CC1(OC(=O)N2CCCCC2)CCCC1.CCC(C)(C)OC(=O)N1CCCCC1.CCC1(OC(=O)N2CCCCC2)CCCC1.O=C(OC1c2ccccc2-c2ccccc21)N1CCCCC1.O=C(OCc1ccccc1)N1CCCCC1.O=S1(=O)CCCCC1. The Kier molecular flexibility index (Phi) is 58.6. The van der Waals surface area contributed by atoms with Crippen molar-refractivity contribution in [3.8, 4) is 11.1 Å². The number of hydrogen-bond donors (Lipinski definition) is 0. The highest BCUT2D eigenvalue weighted by Gasteiger charge is 2.39. The normalized spacial score (nSPS) is 20.6. The summed E-state index contributed by atoms with van der Waals surface area (Å²) in [6.45, 7) is 34.0. The van der Waals surface area contributed by atoms with Gasteiger partial charge in [0.15, 0.2) is 6.10 Å². The van der Waals surface area contributed by atoms with Crippen LogP contribution in [0.3, 0.4) is 0 Å². The van der Waals surface area contributed by atoms with E-state index in [4.69, 9.17) is 37.9 Å². The molecule has 3 aromatic rings. The minimum atomic E-state index is -2.58. The van der Waals surface area contributed by atoms with E-state index in [9.17, 15) is 42.0 Å². The molecule has 7 amide bonds. The predicted octanol–water partition coefficient (Wildman–Crippen LogP) is 28.4. The van der Waals surface area contributed by atoms with Crippen LogP contribution in [0.25, 0.3) is 11.1 Å². The van der Waals surface area contributed by atoms with E-state index in [2.05, 4.69) is 56.5 Å². The molecule has 15 aliphatic rings. The Morgan fingerprint density at radius 3 is 1.04 bits per heavy atom. The van der Waals surface area contributed by atoms with Crippen molar-refractivity contribution in [3.05, 3.63) is 108 Å². The van der Waals surface area contributed by atoms with E-state index >= 15 is 0 Å². The van der Waals surface area contributed by atoms with Crippen molar-refractivity contribution < 1.29 is 79.9 Å². The van der Waals surface area contributed by atoms with Gasteiger partial charge in [-0.1, -0.05) is 189 Å². The van der Waals surface area contributed by atoms with Crippen LogP contribution in [0.15, 0.2) is 91.5 Å². The number of piperidine rings is 7. The summed E-state index contributed by atoms with van der Waals surface area (Å²) in [7, 11) is -2.58. The molecule has 10 aliphatic heterocycles. The number of sulfone groups is 1. The molecule has 10 saturated heterocycles. The molecule has 3 aromatic carbocycles. The molecular formula is C113H187N7O17S2. The van der Waals surface area contributed by atoms with Gasteiger partial charge in [0.1, 0.15) is 45.5 Å². The first-order valence-electron chi connectivity index (χ1n) is 55.1. The smallest absolute Gasteiger partial charge is 0.410 e. The molecular weight excluding hydrogens is 1790 g/mol. The van der Waals surface area contributed by atoms with E-state index in [1.807, 2.05) is 116 Å². The van der Waals surface area contributed by atoms with Crippen LogP contribution in [0, 0.1) is 0 Å². The van der Waals surface area contributed by atoms with Crippen molar-refractivity contribution in [2.45, 2.75) is 418 Å². The van der Waals surface area contributed by atoms with E-state index in [0.29, 0.717) is 24.7 Å². The van der Waals surface area contributed by atoms with Gasteiger partial charge in [0, 0.05) is 116 Å². The van der Waals surface area contributed by atoms with Crippen LogP contribution in [0.2, 0.25) is 0 Å². The molecule has 0 spiro atoms. The van der Waals surface area contributed by atoms with Gasteiger partial charge in [0.25, 0.3) is 0 Å². The van der Waals surface area contributed by atoms with Gasteiger partial charge in [-0.05, 0) is 314 Å². The summed E-state index contributed by atoms with van der Waals surface area (Å²) < 4.78 is 64.5. The molecule has 24 nitrogen and oxygen atoms in total. The highest BCUT2D eigenvalue weighted by atomic mass is 32.2. The molecule has 26 heteroatoms. The maximum absolute atomic E-state index is 12.5. The van der Waals surface area contributed by atoms with Gasteiger partial charge in [0.2, 0.25) is 0 Å². The summed E-state index contributed by atoms with van der Waals surface area (Å²) in [4.78, 5) is 95.2. The molecule has 0 unspecified atom stereocenters. The lowest BCUT2D eigenvalue weighted by Gasteiger charge is -2.33. The zero-order valence-corrected chi connectivity index (χ0v) is 89.5. The van der Waals surface area contributed by atoms with Gasteiger partial charge in [-0.3, -0.25) is 0 Å². The number of carbonyl (C=O) groups is 7. The molecule has 0 radical (unpaired) electrons. The summed E-state index contributed by atoms with van der Waals surface area (Å²) in [5.41, 5.74) is 4.58. The van der Waals surface area contributed by atoms with Crippen molar-refractivity contribution in [1.82, 2.24) is 34.3 Å². The fraction of sp³-hybridized carbons (Fsp3) is 0.761. The Morgan fingerprint density at radius 2 is 0.705 bits per heavy atom. The number of amides is 7. The Morgan fingerprint density at radius 1 is 0.381 bits per heavy atom. The Balaban J connectivity index is 0.000000211. The minimum absolute atomic E-state index is 0.0662. The summed E-state index contributed by atoms with van der Waals surface area (Å²) in [5, 5.41) is 0. The van der Waals surface area contributed by atoms with Gasteiger partial charge >= 0.3 is 42.7 Å². The second kappa shape index (κ2) is 68.7. The zero-order chi connectivity index (χ0) is 99.9. The van der Waals surface area contributed by atoms with Gasteiger partial charge in [0.05, 0.1) is 11.5 Å².